The van der Waals surface area contributed by atoms with Crippen LogP contribution in [0.2, 0.25) is 0 Å². The summed E-state index contributed by atoms with van der Waals surface area (Å²) < 4.78 is 66.1. The van der Waals surface area contributed by atoms with E-state index in [9.17, 15) is 30.7 Å². The Labute approximate surface area is 254 Å². The molecular weight excluding hydrogens is 588 g/mol. The average Bonchev–Trinajstić information content (AvgIpc) is 3.27. The van der Waals surface area contributed by atoms with Crippen LogP contribution in [-0.4, -0.2) is 44.0 Å². The van der Waals surface area contributed by atoms with Gasteiger partial charge in [-0.3, -0.25) is 14.1 Å². The molecule has 0 aromatic heterocycles. The number of Topliss-reactive ketones (excluding diaryl/α,β-unsaturated/α-hetero) is 1. The highest BCUT2D eigenvalue weighted by atomic mass is 32.2. The van der Waals surface area contributed by atoms with Gasteiger partial charge < -0.3 is 9.69 Å². The van der Waals surface area contributed by atoms with E-state index in [-0.39, 0.29) is 15.6 Å². The number of unbranched alkanes of at least 4 members (excludes halogenated alkanes) is 2. The first-order chi connectivity index (χ1) is 19.9. The molecule has 230 valence electrons. The average molecular weight is 627 g/mol. The van der Waals surface area contributed by atoms with Gasteiger partial charge in [-0.2, -0.15) is 16.8 Å². The topological polar surface area (TPSA) is 141 Å². The summed E-state index contributed by atoms with van der Waals surface area (Å²) >= 11 is 0. The predicted octanol–water partition coefficient (Wildman–Crippen LogP) is 6.49. The summed E-state index contributed by atoms with van der Waals surface area (Å²) in [6.45, 7) is 10.2. The summed E-state index contributed by atoms with van der Waals surface area (Å²) in [5.74, 6) is 0.169. The Morgan fingerprint density at radius 1 is 0.837 bits per heavy atom. The summed E-state index contributed by atoms with van der Waals surface area (Å²) in [6, 6.07) is 9.05. The standard InChI is InChI=1S/C32H38N2O7S2/c1-22(35)12-8-7-11-19-34-28-18-16-24(43(39,40)41)21-26(28)32(4,5)30(34)14-10-6-9-13-29-31(2,3)25-20-23(42(36,37)38)15-17-27(25)33-29/h6,9-10,13-18,20-21H,7-8,11-12,19H2,1-5H3,(H,36,37,38)(H,39,40,41)/b10-6+,13-9+,30-14-. The number of ketones is 1. The van der Waals surface area contributed by atoms with Crippen molar-refractivity contribution in [3.05, 3.63) is 83.6 Å². The van der Waals surface area contributed by atoms with Crippen molar-refractivity contribution in [3.8, 4) is 0 Å². The number of carbonyl (C=O) groups is 1. The summed E-state index contributed by atoms with van der Waals surface area (Å²) in [5.41, 5.74) is 3.62. The molecule has 2 aliphatic heterocycles. The smallest absolute Gasteiger partial charge is 0.294 e. The minimum absolute atomic E-state index is 0.148. The summed E-state index contributed by atoms with van der Waals surface area (Å²) in [4.78, 5) is 17.8. The number of rotatable bonds is 11. The first-order valence-electron chi connectivity index (χ1n) is 14.1. The van der Waals surface area contributed by atoms with Crippen LogP contribution in [0, 0.1) is 0 Å². The zero-order valence-corrected chi connectivity index (χ0v) is 26.7. The molecule has 2 aliphatic rings. The molecule has 0 atom stereocenters. The Bertz CT molecular complexity index is 1780. The number of anilines is 1. The van der Waals surface area contributed by atoms with Crippen LogP contribution in [0.4, 0.5) is 11.4 Å². The van der Waals surface area contributed by atoms with Gasteiger partial charge in [0.05, 0.1) is 21.2 Å². The Morgan fingerprint density at radius 2 is 1.47 bits per heavy atom. The van der Waals surface area contributed by atoms with Crippen molar-refractivity contribution in [1.82, 2.24) is 0 Å². The number of benzene rings is 2. The third-order valence-corrected chi connectivity index (χ3v) is 9.82. The van der Waals surface area contributed by atoms with Crippen molar-refractivity contribution in [3.63, 3.8) is 0 Å². The minimum Gasteiger partial charge on any atom is -0.344 e. The van der Waals surface area contributed by atoms with Crippen molar-refractivity contribution in [1.29, 1.82) is 0 Å². The van der Waals surface area contributed by atoms with Gasteiger partial charge in [0, 0.05) is 35.2 Å². The molecule has 0 saturated carbocycles. The van der Waals surface area contributed by atoms with Crippen LogP contribution in [0.3, 0.4) is 0 Å². The Balaban J connectivity index is 1.58. The largest absolute Gasteiger partial charge is 0.344 e. The van der Waals surface area contributed by atoms with E-state index in [1.807, 2.05) is 58.1 Å². The van der Waals surface area contributed by atoms with E-state index in [2.05, 4.69) is 9.89 Å². The van der Waals surface area contributed by atoms with Crippen molar-refractivity contribution in [2.45, 2.75) is 80.9 Å². The monoisotopic (exact) mass is 626 g/mol. The summed E-state index contributed by atoms with van der Waals surface area (Å²) in [6.07, 6.45) is 12.6. The van der Waals surface area contributed by atoms with E-state index in [1.165, 1.54) is 24.3 Å². The number of hydrogen-bond donors (Lipinski definition) is 2. The van der Waals surface area contributed by atoms with Gasteiger partial charge in [0.2, 0.25) is 0 Å². The normalized spacial score (nSPS) is 18.4. The maximum absolute atomic E-state index is 11.9. The molecule has 0 unspecified atom stereocenters. The fourth-order valence-corrected chi connectivity index (χ4v) is 6.67. The van der Waals surface area contributed by atoms with E-state index in [1.54, 1.807) is 19.1 Å². The Morgan fingerprint density at radius 3 is 2.09 bits per heavy atom. The van der Waals surface area contributed by atoms with E-state index < -0.39 is 31.1 Å². The highest BCUT2D eigenvalue weighted by Gasteiger charge is 2.40. The zero-order valence-electron chi connectivity index (χ0n) is 25.0. The number of nitrogens with zero attached hydrogens (tertiary/aromatic N) is 2. The molecule has 0 bridgehead atoms. The van der Waals surface area contributed by atoms with Gasteiger partial charge in [0.15, 0.2) is 0 Å². The van der Waals surface area contributed by atoms with Gasteiger partial charge in [0.25, 0.3) is 20.2 Å². The molecule has 2 aromatic rings. The van der Waals surface area contributed by atoms with Gasteiger partial charge in [-0.15, -0.1) is 0 Å². The SMILES string of the molecule is CC(=O)CCCCCN1\C(=C/C=C/C=C/C2=Nc3ccc(S(=O)(=O)O)cc3C2(C)C)C(C)(C)c2cc(S(=O)(=O)O)ccc21. The second-order valence-corrected chi connectivity index (χ2v) is 14.9. The molecule has 11 heteroatoms. The van der Waals surface area contributed by atoms with Gasteiger partial charge in [-0.1, -0.05) is 52.3 Å². The number of carbonyl (C=O) groups excluding carboxylic acids is 1. The quantitative estimate of drug-likeness (QED) is 0.164. The molecule has 0 spiro atoms. The molecule has 0 aliphatic carbocycles. The van der Waals surface area contributed by atoms with Gasteiger partial charge in [-0.05, 0) is 79.4 Å². The van der Waals surface area contributed by atoms with Crippen LogP contribution in [0.25, 0.3) is 0 Å². The van der Waals surface area contributed by atoms with Crippen molar-refractivity contribution >= 4 is 43.1 Å². The molecule has 4 rings (SSSR count). The first-order valence-corrected chi connectivity index (χ1v) is 17.0. The maximum Gasteiger partial charge on any atom is 0.294 e. The van der Waals surface area contributed by atoms with Crippen LogP contribution >= 0.6 is 0 Å². The first kappa shape index (κ1) is 32.5. The predicted molar refractivity (Wildman–Crippen MR) is 169 cm³/mol. The lowest BCUT2D eigenvalue weighted by Crippen LogP contribution is -2.27. The zero-order chi connectivity index (χ0) is 31.8. The fourth-order valence-electron chi connectivity index (χ4n) is 5.66. The number of aliphatic imine (C=N–C) groups is 1. The highest BCUT2D eigenvalue weighted by molar-refractivity contribution is 7.86. The van der Waals surface area contributed by atoms with Gasteiger partial charge >= 0.3 is 0 Å². The number of hydrogen-bond acceptors (Lipinski definition) is 7. The van der Waals surface area contributed by atoms with Crippen LogP contribution in [0.5, 0.6) is 0 Å². The molecule has 0 radical (unpaired) electrons. The van der Waals surface area contributed by atoms with E-state index in [0.29, 0.717) is 24.2 Å². The molecule has 43 heavy (non-hydrogen) atoms. The summed E-state index contributed by atoms with van der Waals surface area (Å²) in [5, 5.41) is 0. The van der Waals surface area contributed by atoms with Crippen LogP contribution in [-0.2, 0) is 35.9 Å². The summed E-state index contributed by atoms with van der Waals surface area (Å²) in [7, 11) is -8.69. The van der Waals surface area contributed by atoms with Crippen LogP contribution in [0.1, 0.15) is 71.4 Å². The molecule has 0 saturated heterocycles. The lowest BCUT2D eigenvalue weighted by atomic mass is 9.81. The van der Waals surface area contributed by atoms with E-state index >= 15 is 0 Å². The third kappa shape index (κ3) is 6.90. The second-order valence-electron chi connectivity index (χ2n) is 12.0. The Hall–Kier alpha value is -3.38. The molecule has 9 nitrogen and oxygen atoms in total. The third-order valence-electron chi connectivity index (χ3n) is 8.12. The lowest BCUT2D eigenvalue weighted by Gasteiger charge is -2.27. The van der Waals surface area contributed by atoms with E-state index in [4.69, 9.17) is 0 Å². The molecule has 2 heterocycles. The van der Waals surface area contributed by atoms with Crippen LogP contribution < -0.4 is 4.90 Å². The van der Waals surface area contributed by atoms with Gasteiger partial charge in [0.1, 0.15) is 5.78 Å². The number of fused-ring (bicyclic) bond motifs is 2. The fraction of sp³-hybridized carbons (Fsp3) is 0.375. The highest BCUT2D eigenvalue weighted by Crippen LogP contribution is 2.48. The molecule has 0 fully saturated rings. The van der Waals surface area contributed by atoms with Crippen molar-refractivity contribution in [2.75, 3.05) is 11.4 Å². The molecule has 0 amide bonds. The molecular formula is C32H38N2O7S2. The lowest BCUT2D eigenvalue weighted by molar-refractivity contribution is -0.117. The van der Waals surface area contributed by atoms with Crippen molar-refractivity contribution in [2.24, 2.45) is 4.99 Å². The van der Waals surface area contributed by atoms with Crippen molar-refractivity contribution < 1.29 is 30.7 Å². The maximum atomic E-state index is 11.9. The second kappa shape index (κ2) is 12.0. The van der Waals surface area contributed by atoms with Gasteiger partial charge in [-0.25, -0.2) is 0 Å². The van der Waals surface area contributed by atoms with Crippen LogP contribution in [0.15, 0.2) is 87.3 Å². The molecule has 2 aromatic carbocycles. The number of allylic oxidation sites excluding steroid dienone is 6. The Kier molecular flexibility index (Phi) is 9.04. The van der Waals surface area contributed by atoms with E-state index in [0.717, 1.165) is 41.9 Å². The minimum atomic E-state index is -4.36. The molecule has 2 N–H and O–H groups in total.